The van der Waals surface area contributed by atoms with Crippen LogP contribution in [0.2, 0.25) is 0 Å². The van der Waals surface area contributed by atoms with Gasteiger partial charge < -0.3 is 74.1 Å². The van der Waals surface area contributed by atoms with Gasteiger partial charge in [0.05, 0.1) is 35.5 Å². The summed E-state index contributed by atoms with van der Waals surface area (Å²) in [6.07, 6.45) is 9.08. The van der Waals surface area contributed by atoms with Crippen LogP contribution in [-0.2, 0) is 33.4 Å². The Labute approximate surface area is 631 Å². The highest BCUT2D eigenvalue weighted by atomic mass is 32.1. The summed E-state index contributed by atoms with van der Waals surface area (Å²) < 4.78 is 23.3. The lowest BCUT2D eigenvalue weighted by Gasteiger charge is -2.02. The van der Waals surface area contributed by atoms with Crippen LogP contribution in [0.3, 0.4) is 0 Å². The summed E-state index contributed by atoms with van der Waals surface area (Å²) in [7, 11) is 11.3. The van der Waals surface area contributed by atoms with Gasteiger partial charge in [0.25, 0.3) is 0 Å². The van der Waals surface area contributed by atoms with E-state index in [2.05, 4.69) is 99.9 Å². The number of esters is 5. The monoisotopic (exact) mass is 1550 g/mol. The Morgan fingerprint density at radius 1 is 0.333 bits per heavy atom. The predicted octanol–water partition coefficient (Wildman–Crippen LogP) is 13.3. The van der Waals surface area contributed by atoms with E-state index in [-0.39, 0.29) is 28.5 Å². The summed E-state index contributed by atoms with van der Waals surface area (Å²) in [6, 6.07) is 39.0. The molecule has 5 aromatic carbocycles. The molecular weight excluding hydrogens is 1490 g/mol. The Morgan fingerprint density at radius 3 is 0.769 bits per heavy atom. The fraction of sp³-hybridized carbons (Fsp3) is 0.110. The lowest BCUT2D eigenvalue weighted by atomic mass is 10.1. The maximum atomic E-state index is 11.6. The second-order valence-electron chi connectivity index (χ2n) is 21.7. The number of carbonyl (C=O) groups excluding carboxylic acids is 5. The molecule has 8 N–H and O–H groups in total. The Kier molecular flexibility index (Phi) is 25.2. The molecule has 0 saturated heterocycles. The van der Waals surface area contributed by atoms with Gasteiger partial charge in [-0.2, -0.15) is 5.10 Å². The first-order valence-corrected chi connectivity index (χ1v) is 36.1. The lowest BCUT2D eigenvalue weighted by molar-refractivity contribution is 0.0586. The van der Waals surface area contributed by atoms with E-state index < -0.39 is 29.8 Å². The van der Waals surface area contributed by atoms with Crippen molar-refractivity contribution in [3.63, 3.8) is 0 Å². The molecule has 0 fully saturated rings. The molecule has 15 aromatic rings. The summed E-state index contributed by atoms with van der Waals surface area (Å²) >= 11 is 6.41. The molecule has 10 aromatic heterocycles. The van der Waals surface area contributed by atoms with Crippen molar-refractivity contribution < 1.29 is 67.7 Å². The van der Waals surface area contributed by atoms with E-state index in [9.17, 15) is 34.4 Å². The molecule has 0 aliphatic heterocycles. The van der Waals surface area contributed by atoms with Gasteiger partial charge in [-0.25, -0.2) is 48.9 Å². The topological polar surface area (TPSA) is 408 Å². The fourth-order valence-electron chi connectivity index (χ4n) is 10.6. The van der Waals surface area contributed by atoms with Crippen molar-refractivity contribution in [2.45, 2.75) is 0 Å². The maximum absolute atomic E-state index is 11.6. The van der Waals surface area contributed by atoms with E-state index in [1.54, 1.807) is 46.3 Å². The van der Waals surface area contributed by atoms with Crippen molar-refractivity contribution in [1.82, 2.24) is 55.3 Å². The van der Waals surface area contributed by atoms with E-state index >= 15 is 0 Å². The molecule has 0 aliphatic carbocycles. The van der Waals surface area contributed by atoms with Gasteiger partial charge in [0, 0.05) is 147 Å². The average Bonchev–Trinajstić information content (AvgIpc) is 1.67. The number of nitrogens with one attached hydrogen (secondary N) is 6. The van der Waals surface area contributed by atoms with Gasteiger partial charge >= 0.3 is 29.8 Å². The molecule has 30 nitrogen and oxygen atoms in total. The Morgan fingerprint density at radius 2 is 0.546 bits per heavy atom. The number of rotatable bonds is 18. The van der Waals surface area contributed by atoms with Gasteiger partial charge in [0.2, 0.25) is 0 Å². The third-order valence-electron chi connectivity index (χ3n) is 15.5. The zero-order valence-electron chi connectivity index (χ0n) is 58.1. The van der Waals surface area contributed by atoms with E-state index in [1.807, 2.05) is 140 Å². The van der Waals surface area contributed by atoms with E-state index in [0.717, 1.165) is 82.3 Å². The lowest BCUT2D eigenvalue weighted by Crippen LogP contribution is -2.09. The summed E-state index contributed by atoms with van der Waals surface area (Å²) in [4.78, 5) is 104. The molecular formula is C73H62N16O14S5. The van der Waals surface area contributed by atoms with Gasteiger partial charge in [-0.3, -0.25) is 0 Å². The van der Waals surface area contributed by atoms with Crippen LogP contribution in [0.25, 0.3) is 54.5 Å². The second-order valence-corrected chi connectivity index (χ2v) is 26.0. The highest BCUT2D eigenvalue weighted by molar-refractivity contribution is 7.13. The normalized spacial score (nSPS) is 11.7. The van der Waals surface area contributed by atoms with Crippen LogP contribution in [0, 0.1) is 0 Å². The molecule has 0 spiro atoms. The number of H-pyrrole nitrogens is 5. The summed E-state index contributed by atoms with van der Waals surface area (Å²) in [5, 5.41) is 53.6. The van der Waals surface area contributed by atoms with Crippen molar-refractivity contribution in [3.8, 4) is 0 Å². The number of nitrogens with zero attached hydrogens (tertiary/aromatic N) is 10. The second kappa shape index (κ2) is 35.9. The van der Waals surface area contributed by atoms with Crippen molar-refractivity contribution >= 4 is 170 Å². The molecule has 0 saturated carbocycles. The smallest absolute Gasteiger partial charge is 0.357 e. The SMILES string of the molecule is CN/N=C(\c1nc(C(=O)OC)cs1)c1c[nH]c2ccccc12.CO/N=C(/c1nc(C(=O)OC)cs1)c1c[nH]c2ccccc12.CO/N=C(\c1nc(C(=O)OC)cs1)c1c[nH]c2ccccc12.COC(=O)c1csc(/C(=N/O)c2c[nH]c3ccccc23)n1.COC(=O)c1csc(/C(=N\O)c2c[nH]c3ccccc23)n1. The van der Waals surface area contributed by atoms with Crippen LogP contribution in [0.1, 0.15) is 105 Å². The number of ether oxygens (including phenoxy) is 5. The van der Waals surface area contributed by atoms with E-state index in [4.69, 9.17) is 14.4 Å². The number of aromatic amines is 5. The van der Waals surface area contributed by atoms with Gasteiger partial charge in [0.1, 0.15) is 67.8 Å². The van der Waals surface area contributed by atoms with Crippen molar-refractivity contribution in [3.05, 3.63) is 261 Å². The van der Waals surface area contributed by atoms with Crippen LogP contribution in [0.5, 0.6) is 0 Å². The van der Waals surface area contributed by atoms with Crippen LogP contribution in [0.15, 0.2) is 205 Å². The van der Waals surface area contributed by atoms with Crippen LogP contribution < -0.4 is 5.43 Å². The number of para-hydroxylation sites is 5. The van der Waals surface area contributed by atoms with Gasteiger partial charge in [-0.15, -0.1) is 56.7 Å². The number of hydrogen-bond donors (Lipinski definition) is 8. The minimum atomic E-state index is -0.520. The maximum Gasteiger partial charge on any atom is 0.357 e. The van der Waals surface area contributed by atoms with Crippen molar-refractivity contribution in [2.75, 3.05) is 56.8 Å². The Hall–Kier alpha value is -13.4. The molecule has 10 heterocycles. The van der Waals surface area contributed by atoms with Gasteiger partial charge in [0.15, 0.2) is 28.5 Å². The first kappa shape index (κ1) is 75.8. The molecule has 0 radical (unpaired) electrons. The number of hydrogen-bond acceptors (Lipinski definition) is 30. The first-order valence-electron chi connectivity index (χ1n) is 31.7. The Balaban J connectivity index is 0.000000134. The largest absolute Gasteiger partial charge is 0.464 e. The predicted molar refractivity (Wildman–Crippen MR) is 414 cm³/mol. The Bertz CT molecular complexity index is 5380. The minimum Gasteiger partial charge on any atom is -0.464 e. The molecule has 0 bridgehead atoms. The summed E-state index contributed by atoms with van der Waals surface area (Å²) in [5.41, 5.74) is 15.4. The number of thiazole rings is 5. The van der Waals surface area contributed by atoms with Crippen molar-refractivity contribution in [2.24, 2.45) is 25.7 Å². The number of fused-ring (bicyclic) bond motifs is 5. The number of methoxy groups -OCH3 is 5. The molecule has 35 heteroatoms. The first-order chi connectivity index (χ1) is 52.7. The van der Waals surface area contributed by atoms with Gasteiger partial charge in [-0.05, 0) is 30.3 Å². The molecule has 0 aliphatic rings. The average molecular weight is 1550 g/mol. The zero-order valence-corrected chi connectivity index (χ0v) is 62.2. The highest BCUT2D eigenvalue weighted by Gasteiger charge is 2.25. The molecule has 548 valence electrons. The van der Waals surface area contributed by atoms with Crippen LogP contribution >= 0.6 is 56.7 Å². The molecule has 15 rings (SSSR count). The van der Waals surface area contributed by atoms with Crippen molar-refractivity contribution in [1.29, 1.82) is 0 Å². The highest BCUT2D eigenvalue weighted by Crippen LogP contribution is 2.30. The molecule has 108 heavy (non-hydrogen) atoms. The van der Waals surface area contributed by atoms with Crippen LogP contribution in [-0.4, -0.2) is 175 Å². The number of aromatic nitrogens is 10. The molecule has 0 atom stereocenters. The number of carbonyl (C=O) groups is 5. The number of oxime groups is 4. The third-order valence-corrected chi connectivity index (χ3v) is 19.8. The quantitative estimate of drug-likeness (QED) is 0.0130. The van der Waals surface area contributed by atoms with E-state index in [1.165, 1.54) is 106 Å². The molecule has 0 amide bonds. The zero-order chi connectivity index (χ0) is 76.2. The summed E-state index contributed by atoms with van der Waals surface area (Å²) in [6.45, 7) is 0. The fourth-order valence-corrected chi connectivity index (χ4v) is 14.5. The number of hydrazone groups is 1. The third kappa shape index (κ3) is 16.9. The van der Waals surface area contributed by atoms with E-state index in [0.29, 0.717) is 53.6 Å². The van der Waals surface area contributed by atoms with Gasteiger partial charge in [-0.1, -0.05) is 112 Å². The van der Waals surface area contributed by atoms with Crippen LogP contribution in [0.4, 0.5) is 0 Å². The summed E-state index contributed by atoms with van der Waals surface area (Å²) in [5.74, 6) is -2.44. The minimum absolute atomic E-state index is 0.193. The number of benzene rings is 5. The standard InChI is InChI=1S/C15H14N4O2S.2C15H13N3O3S.2C14H11N3O3S/c1-16-19-13(14-18-12(8-22-14)15(20)21-2)10-7-17-11-6-4-3-5-9(10)11;2*1-20-15(19)12-8-22-14(17-12)13(18-21-2)10-7-16-11-6-4-3-5-9(10)11;2*1-20-14(18)11-7-21-13(16-11)12(17-19)9-6-15-10-5-3-2-4-8(9)10/h3-8,16-17H,1-2H3;2*3-8,16H,1-2H3;2*2-7,15,19H,1H3/b19-13-;18-13+;18-13-;17-12+;17-12-. The molecule has 0 unspecified atom stereocenters.